The molecule has 9 heteroatoms. The van der Waals surface area contributed by atoms with Crippen LogP contribution >= 0.6 is 11.3 Å². The summed E-state index contributed by atoms with van der Waals surface area (Å²) in [7, 11) is -3.04. The molecule has 1 unspecified atom stereocenters. The molecule has 0 spiro atoms. The molecule has 148 valence electrons. The monoisotopic (exact) mass is 418 g/mol. The Balaban J connectivity index is 1.93. The molecule has 1 aliphatic heterocycles. The highest BCUT2D eigenvalue weighted by Crippen LogP contribution is 2.33. The van der Waals surface area contributed by atoms with Crippen LogP contribution in [0.5, 0.6) is 0 Å². The molecule has 1 fully saturated rings. The molecule has 0 bridgehead atoms. The van der Waals surface area contributed by atoms with Gasteiger partial charge in [-0.15, -0.1) is 11.3 Å². The van der Waals surface area contributed by atoms with E-state index in [-0.39, 0.29) is 35.2 Å². The van der Waals surface area contributed by atoms with Gasteiger partial charge in [0.25, 0.3) is 5.91 Å². The van der Waals surface area contributed by atoms with Gasteiger partial charge in [-0.1, -0.05) is 6.07 Å². The normalized spacial score (nSPS) is 18.8. The fourth-order valence-corrected chi connectivity index (χ4v) is 6.07. The molecule has 3 aromatic rings. The number of nitrogens with zero attached hydrogens (tertiary/aromatic N) is 3. The molecule has 4 heterocycles. The second-order valence-electron chi connectivity index (χ2n) is 7.42. The van der Waals surface area contributed by atoms with Gasteiger partial charge in [0.15, 0.2) is 15.5 Å². The number of carbonyl (C=O) groups excluding carboxylic acids is 1. The zero-order valence-corrected chi connectivity index (χ0v) is 17.6. The van der Waals surface area contributed by atoms with Crippen molar-refractivity contribution in [1.82, 2.24) is 19.9 Å². The third-order valence-corrected chi connectivity index (χ3v) is 7.48. The molecule has 1 saturated heterocycles. The van der Waals surface area contributed by atoms with Crippen molar-refractivity contribution in [2.45, 2.75) is 39.3 Å². The minimum atomic E-state index is -3.04. The van der Waals surface area contributed by atoms with E-state index in [1.54, 1.807) is 11.3 Å². The predicted molar refractivity (Wildman–Crippen MR) is 110 cm³/mol. The van der Waals surface area contributed by atoms with Crippen LogP contribution in [0.15, 0.2) is 23.6 Å². The first-order valence-electron chi connectivity index (χ1n) is 9.20. The van der Waals surface area contributed by atoms with E-state index in [0.717, 1.165) is 10.4 Å². The summed E-state index contributed by atoms with van der Waals surface area (Å²) in [5, 5.41) is 4.85. The third kappa shape index (κ3) is 3.44. The summed E-state index contributed by atoms with van der Waals surface area (Å²) < 4.78 is 26.0. The zero-order chi connectivity index (χ0) is 20.1. The number of imidazole rings is 1. The van der Waals surface area contributed by atoms with Gasteiger partial charge in [0.05, 0.1) is 33.6 Å². The Morgan fingerprint density at radius 3 is 2.75 bits per heavy atom. The van der Waals surface area contributed by atoms with Crippen LogP contribution in [0.2, 0.25) is 0 Å². The number of fused-ring (bicyclic) bond motifs is 1. The summed E-state index contributed by atoms with van der Waals surface area (Å²) in [4.78, 5) is 23.0. The van der Waals surface area contributed by atoms with E-state index >= 15 is 0 Å². The number of aryl methyl sites for hydroxylation is 1. The molecular formula is C19H22N4O3S2. The number of rotatable bonds is 4. The molecule has 4 rings (SSSR count). The van der Waals surface area contributed by atoms with E-state index < -0.39 is 9.84 Å². The number of hydrogen-bond acceptors (Lipinski definition) is 6. The highest BCUT2D eigenvalue weighted by atomic mass is 32.2. The van der Waals surface area contributed by atoms with Crippen molar-refractivity contribution in [2.75, 3.05) is 11.5 Å². The van der Waals surface area contributed by atoms with Gasteiger partial charge in [0.2, 0.25) is 0 Å². The average Bonchev–Trinajstić information content (AvgIpc) is 3.31. The molecule has 1 amide bonds. The largest absolute Gasteiger partial charge is 0.348 e. The van der Waals surface area contributed by atoms with Gasteiger partial charge in [0, 0.05) is 6.04 Å². The lowest BCUT2D eigenvalue weighted by atomic mass is 10.2. The number of carbonyl (C=O) groups is 1. The van der Waals surface area contributed by atoms with E-state index in [1.807, 2.05) is 48.9 Å². The van der Waals surface area contributed by atoms with Gasteiger partial charge < -0.3 is 9.88 Å². The predicted octanol–water partition coefficient (Wildman–Crippen LogP) is 2.97. The highest BCUT2D eigenvalue weighted by molar-refractivity contribution is 7.91. The second-order valence-corrected chi connectivity index (χ2v) is 10.6. The lowest BCUT2D eigenvalue weighted by Gasteiger charge is -2.15. The molecule has 1 aliphatic rings. The van der Waals surface area contributed by atoms with E-state index in [0.29, 0.717) is 23.5 Å². The van der Waals surface area contributed by atoms with Crippen molar-refractivity contribution in [1.29, 1.82) is 0 Å². The molecular weight excluding hydrogens is 396 g/mol. The summed E-state index contributed by atoms with van der Waals surface area (Å²) in [6, 6.07) is 5.60. The number of nitrogens with one attached hydrogen (secondary N) is 1. The van der Waals surface area contributed by atoms with Gasteiger partial charge in [-0.25, -0.2) is 18.4 Å². The molecule has 1 atom stereocenters. The Hall–Kier alpha value is -2.26. The van der Waals surface area contributed by atoms with Crippen molar-refractivity contribution in [3.05, 3.63) is 35.1 Å². The number of amides is 1. The van der Waals surface area contributed by atoms with Crippen molar-refractivity contribution in [3.8, 4) is 10.6 Å². The molecule has 3 aromatic heterocycles. The molecule has 0 aromatic carbocycles. The summed E-state index contributed by atoms with van der Waals surface area (Å²) in [5.74, 6) is 0.701. The first kappa shape index (κ1) is 19.1. The van der Waals surface area contributed by atoms with Crippen molar-refractivity contribution in [3.63, 3.8) is 0 Å². The Morgan fingerprint density at radius 1 is 1.36 bits per heavy atom. The van der Waals surface area contributed by atoms with E-state index in [4.69, 9.17) is 0 Å². The first-order chi connectivity index (χ1) is 13.2. The Morgan fingerprint density at radius 2 is 2.14 bits per heavy atom. The standard InChI is InChI=1S/C19H22N4O3S2/c1-11(2)20-19(24)18-17-15(9-14(22-18)16-5-4-7-27-16)23(12(3)21-17)13-6-8-28(25,26)10-13/h4-5,7,9,11,13H,6,8,10H2,1-3H3,(H,20,24). The smallest absolute Gasteiger partial charge is 0.272 e. The van der Waals surface area contributed by atoms with Crippen LogP contribution in [-0.2, 0) is 9.84 Å². The van der Waals surface area contributed by atoms with Crippen LogP contribution in [0, 0.1) is 6.92 Å². The molecule has 0 aliphatic carbocycles. The fraction of sp³-hybridized carbons (Fsp3) is 0.421. The number of aromatic nitrogens is 3. The van der Waals surface area contributed by atoms with Crippen LogP contribution in [0.3, 0.4) is 0 Å². The number of pyridine rings is 1. The van der Waals surface area contributed by atoms with Crippen molar-refractivity contribution >= 4 is 38.1 Å². The third-order valence-electron chi connectivity index (χ3n) is 4.84. The Kier molecular flexibility index (Phi) is 4.75. The van der Waals surface area contributed by atoms with Crippen LogP contribution < -0.4 is 5.32 Å². The topological polar surface area (TPSA) is 93.9 Å². The maximum Gasteiger partial charge on any atom is 0.272 e. The quantitative estimate of drug-likeness (QED) is 0.703. The lowest BCUT2D eigenvalue weighted by molar-refractivity contribution is 0.0940. The maximum absolute atomic E-state index is 12.8. The van der Waals surface area contributed by atoms with Crippen LogP contribution in [0.4, 0.5) is 0 Å². The number of hydrogen-bond donors (Lipinski definition) is 1. The van der Waals surface area contributed by atoms with Crippen molar-refractivity contribution in [2.24, 2.45) is 0 Å². The molecule has 1 N–H and O–H groups in total. The molecule has 28 heavy (non-hydrogen) atoms. The van der Waals surface area contributed by atoms with E-state index in [1.165, 1.54) is 0 Å². The summed E-state index contributed by atoms with van der Waals surface area (Å²) in [5.41, 5.74) is 2.24. The minimum Gasteiger partial charge on any atom is -0.348 e. The Labute approximate surface area is 167 Å². The Bertz CT molecular complexity index is 1150. The van der Waals surface area contributed by atoms with Crippen LogP contribution in [0.25, 0.3) is 21.6 Å². The van der Waals surface area contributed by atoms with E-state index in [2.05, 4.69) is 15.3 Å². The number of thiophene rings is 1. The number of sulfone groups is 1. The minimum absolute atomic E-state index is 0.0297. The van der Waals surface area contributed by atoms with Gasteiger partial charge in [-0.2, -0.15) is 0 Å². The lowest BCUT2D eigenvalue weighted by Crippen LogP contribution is -2.31. The summed E-state index contributed by atoms with van der Waals surface area (Å²) in [6.45, 7) is 5.64. The van der Waals surface area contributed by atoms with Gasteiger partial charge in [-0.3, -0.25) is 4.79 Å². The zero-order valence-electron chi connectivity index (χ0n) is 16.0. The molecule has 0 saturated carbocycles. The van der Waals surface area contributed by atoms with Crippen LogP contribution in [-0.4, -0.2) is 46.4 Å². The average molecular weight is 419 g/mol. The molecule has 7 nitrogen and oxygen atoms in total. The molecule has 0 radical (unpaired) electrons. The summed E-state index contributed by atoms with van der Waals surface area (Å²) >= 11 is 1.54. The van der Waals surface area contributed by atoms with Crippen molar-refractivity contribution < 1.29 is 13.2 Å². The van der Waals surface area contributed by atoms with E-state index in [9.17, 15) is 13.2 Å². The summed E-state index contributed by atoms with van der Waals surface area (Å²) in [6.07, 6.45) is 0.554. The van der Waals surface area contributed by atoms with Gasteiger partial charge in [-0.05, 0) is 44.7 Å². The maximum atomic E-state index is 12.8. The second kappa shape index (κ2) is 6.97. The fourth-order valence-electron chi connectivity index (χ4n) is 3.69. The van der Waals surface area contributed by atoms with Crippen LogP contribution in [0.1, 0.15) is 42.6 Å². The highest BCUT2D eigenvalue weighted by Gasteiger charge is 2.32. The SMILES string of the molecule is Cc1nc2c(C(=O)NC(C)C)nc(-c3cccs3)cc2n1C1CCS(=O)(=O)C1. The first-order valence-corrected chi connectivity index (χ1v) is 11.9. The van der Waals surface area contributed by atoms with Gasteiger partial charge in [0.1, 0.15) is 11.3 Å². The van der Waals surface area contributed by atoms with Gasteiger partial charge >= 0.3 is 0 Å².